The predicted molar refractivity (Wildman–Crippen MR) is 147 cm³/mol. The topological polar surface area (TPSA) is 67.4 Å². The highest BCUT2D eigenvalue weighted by Gasteiger charge is 2.24. The average Bonchev–Trinajstić information content (AvgIpc) is 3.30. The van der Waals surface area contributed by atoms with Crippen LogP contribution in [0.1, 0.15) is 19.8 Å². The zero-order valence-electron chi connectivity index (χ0n) is 19.9. The van der Waals surface area contributed by atoms with Gasteiger partial charge in [0, 0.05) is 58.1 Å². The maximum absolute atomic E-state index is 5.81. The Labute approximate surface area is 214 Å². The lowest BCUT2D eigenvalue weighted by molar-refractivity contribution is 0.172. The minimum absolute atomic E-state index is 0. The van der Waals surface area contributed by atoms with Crippen LogP contribution in [0.5, 0.6) is 11.5 Å². The summed E-state index contributed by atoms with van der Waals surface area (Å²) in [6, 6.07) is 16.2. The lowest BCUT2D eigenvalue weighted by Gasteiger charge is -2.21. The molecular formula is C25H37IN4O3. The Kier molecular flexibility index (Phi) is 12.2. The number of ether oxygens (including phenoxy) is 3. The summed E-state index contributed by atoms with van der Waals surface area (Å²) in [5, 5.41) is 6.75. The van der Waals surface area contributed by atoms with Gasteiger partial charge in [0.05, 0.1) is 19.4 Å². The van der Waals surface area contributed by atoms with E-state index in [2.05, 4.69) is 34.6 Å². The molecule has 8 heteroatoms. The third-order valence-electron chi connectivity index (χ3n) is 5.42. The number of para-hydroxylation sites is 2. The molecule has 0 spiro atoms. The second-order valence-electron chi connectivity index (χ2n) is 7.84. The summed E-state index contributed by atoms with van der Waals surface area (Å²) in [7, 11) is 3.43. The van der Waals surface area contributed by atoms with E-state index in [1.165, 1.54) is 0 Å². The van der Waals surface area contributed by atoms with Gasteiger partial charge in [0.2, 0.25) is 0 Å². The van der Waals surface area contributed by atoms with Crippen molar-refractivity contribution in [3.63, 3.8) is 0 Å². The maximum atomic E-state index is 5.81. The molecule has 33 heavy (non-hydrogen) atoms. The first-order valence-electron chi connectivity index (χ1n) is 11.4. The minimum Gasteiger partial charge on any atom is -0.495 e. The number of methoxy groups -OCH3 is 2. The highest BCUT2D eigenvalue weighted by Crippen LogP contribution is 2.32. The van der Waals surface area contributed by atoms with Crippen molar-refractivity contribution in [2.45, 2.75) is 19.8 Å². The molecule has 7 nitrogen and oxygen atoms in total. The summed E-state index contributed by atoms with van der Waals surface area (Å²) >= 11 is 0. The molecule has 2 aromatic rings. The van der Waals surface area contributed by atoms with Gasteiger partial charge in [-0.05, 0) is 43.5 Å². The van der Waals surface area contributed by atoms with E-state index >= 15 is 0 Å². The number of benzene rings is 2. The molecule has 1 fully saturated rings. The zero-order valence-corrected chi connectivity index (χ0v) is 22.2. The molecule has 0 saturated carbocycles. The first-order chi connectivity index (χ1) is 15.7. The number of rotatable bonds is 11. The Morgan fingerprint density at radius 2 is 1.97 bits per heavy atom. The Morgan fingerprint density at radius 1 is 1.12 bits per heavy atom. The Bertz CT molecular complexity index is 865. The van der Waals surface area contributed by atoms with Gasteiger partial charge < -0.3 is 29.7 Å². The van der Waals surface area contributed by atoms with Gasteiger partial charge in [0.15, 0.2) is 5.96 Å². The third kappa shape index (κ3) is 8.58. The second-order valence-corrected chi connectivity index (χ2v) is 7.84. The lowest BCUT2D eigenvalue weighted by Crippen LogP contribution is -2.31. The summed E-state index contributed by atoms with van der Waals surface area (Å²) in [5.41, 5.74) is 2.12. The van der Waals surface area contributed by atoms with Crippen molar-refractivity contribution in [3.8, 4) is 11.5 Å². The molecule has 0 bridgehead atoms. The number of nitrogens with one attached hydrogen (secondary N) is 2. The van der Waals surface area contributed by atoms with Gasteiger partial charge in [0.25, 0.3) is 0 Å². The molecule has 182 valence electrons. The molecule has 2 N–H and O–H groups in total. The van der Waals surface area contributed by atoms with Crippen LogP contribution in [0.2, 0.25) is 0 Å². The molecular weight excluding hydrogens is 531 g/mol. The van der Waals surface area contributed by atoms with E-state index < -0.39 is 0 Å². The van der Waals surface area contributed by atoms with Crippen LogP contribution in [0.4, 0.5) is 11.4 Å². The van der Waals surface area contributed by atoms with Gasteiger partial charge in [-0.25, -0.2) is 0 Å². The van der Waals surface area contributed by atoms with Crippen molar-refractivity contribution >= 4 is 41.3 Å². The first kappa shape index (κ1) is 27.0. The van der Waals surface area contributed by atoms with Crippen LogP contribution in [0.25, 0.3) is 0 Å². The molecule has 1 heterocycles. The third-order valence-corrected chi connectivity index (χ3v) is 5.42. The summed E-state index contributed by atoms with van der Waals surface area (Å²) < 4.78 is 16.4. The van der Waals surface area contributed by atoms with Crippen LogP contribution in [0, 0.1) is 5.92 Å². The monoisotopic (exact) mass is 568 g/mol. The Hall–Kier alpha value is -2.20. The zero-order chi connectivity index (χ0) is 22.6. The standard InChI is InChI=1S/C25H36N4O3.HI/c1-4-26-25(28-21-9-7-10-22(17-21)32-16-8-15-30-2)27-18-20-13-14-29(19-20)23-11-5-6-12-24(23)31-3;/h5-7,9-12,17,20H,4,8,13-16,18-19H2,1-3H3,(H2,26,27,28);1H. The van der Waals surface area contributed by atoms with Gasteiger partial charge in [-0.3, -0.25) is 4.99 Å². The molecule has 0 aromatic heterocycles. The van der Waals surface area contributed by atoms with Crippen LogP contribution in [0.3, 0.4) is 0 Å². The van der Waals surface area contributed by atoms with Crippen LogP contribution in [-0.2, 0) is 4.74 Å². The summed E-state index contributed by atoms with van der Waals surface area (Å²) in [6.07, 6.45) is 1.98. The molecule has 3 rings (SSSR count). The molecule has 1 aliphatic rings. The minimum atomic E-state index is 0. The predicted octanol–water partition coefficient (Wildman–Crippen LogP) is 4.63. The fraction of sp³-hybridized carbons (Fsp3) is 0.480. The number of aliphatic imine (C=N–C) groups is 1. The highest BCUT2D eigenvalue weighted by atomic mass is 127. The van der Waals surface area contributed by atoms with Gasteiger partial charge in [-0.15, -0.1) is 24.0 Å². The molecule has 1 unspecified atom stereocenters. The van der Waals surface area contributed by atoms with E-state index in [1.54, 1.807) is 14.2 Å². The summed E-state index contributed by atoms with van der Waals surface area (Å²) in [6.45, 7) is 6.98. The number of anilines is 2. The van der Waals surface area contributed by atoms with Crippen molar-refractivity contribution in [3.05, 3.63) is 48.5 Å². The summed E-state index contributed by atoms with van der Waals surface area (Å²) in [5.74, 6) is 3.06. The number of hydrogen-bond acceptors (Lipinski definition) is 5. The van der Waals surface area contributed by atoms with Crippen LogP contribution in [0.15, 0.2) is 53.5 Å². The normalized spacial score (nSPS) is 15.7. The van der Waals surface area contributed by atoms with Crippen LogP contribution in [-0.4, -0.2) is 59.6 Å². The van der Waals surface area contributed by atoms with Gasteiger partial charge >= 0.3 is 0 Å². The van der Waals surface area contributed by atoms with E-state index in [4.69, 9.17) is 19.2 Å². The van der Waals surface area contributed by atoms with E-state index in [0.29, 0.717) is 19.1 Å². The fourth-order valence-corrected chi connectivity index (χ4v) is 3.81. The SMILES string of the molecule is CCNC(=NCC1CCN(c2ccccc2OC)C1)Nc1cccc(OCCCOC)c1.I. The van der Waals surface area contributed by atoms with Crippen molar-refractivity contribution in [1.82, 2.24) is 5.32 Å². The van der Waals surface area contributed by atoms with Crippen molar-refractivity contribution in [2.24, 2.45) is 10.9 Å². The second kappa shape index (κ2) is 14.8. The maximum Gasteiger partial charge on any atom is 0.195 e. The number of nitrogens with zero attached hydrogens (tertiary/aromatic N) is 2. The molecule has 0 amide bonds. The van der Waals surface area contributed by atoms with Crippen LogP contribution < -0.4 is 25.0 Å². The Balaban J connectivity index is 0.00000385. The summed E-state index contributed by atoms with van der Waals surface area (Å²) in [4.78, 5) is 7.25. The quantitative estimate of drug-likeness (QED) is 0.178. The molecule has 1 saturated heterocycles. The molecule has 2 aromatic carbocycles. The smallest absolute Gasteiger partial charge is 0.195 e. The lowest BCUT2D eigenvalue weighted by atomic mass is 10.1. The van der Waals surface area contributed by atoms with E-state index in [-0.39, 0.29) is 24.0 Å². The largest absolute Gasteiger partial charge is 0.495 e. The first-order valence-corrected chi connectivity index (χ1v) is 11.4. The highest BCUT2D eigenvalue weighted by molar-refractivity contribution is 14.0. The van der Waals surface area contributed by atoms with Crippen molar-refractivity contribution in [2.75, 3.05) is 63.8 Å². The number of halogens is 1. The van der Waals surface area contributed by atoms with E-state index in [1.807, 2.05) is 36.4 Å². The molecule has 1 atom stereocenters. The number of guanidine groups is 1. The molecule has 0 radical (unpaired) electrons. The van der Waals surface area contributed by atoms with Crippen LogP contribution >= 0.6 is 24.0 Å². The van der Waals surface area contributed by atoms with E-state index in [0.717, 1.165) is 67.9 Å². The van der Waals surface area contributed by atoms with Gasteiger partial charge in [-0.2, -0.15) is 0 Å². The van der Waals surface area contributed by atoms with Gasteiger partial charge in [0.1, 0.15) is 11.5 Å². The molecule has 0 aliphatic carbocycles. The Morgan fingerprint density at radius 3 is 2.76 bits per heavy atom. The van der Waals surface area contributed by atoms with Crippen molar-refractivity contribution < 1.29 is 14.2 Å². The fourth-order valence-electron chi connectivity index (χ4n) is 3.81. The average molecular weight is 569 g/mol. The van der Waals surface area contributed by atoms with Crippen molar-refractivity contribution in [1.29, 1.82) is 0 Å². The van der Waals surface area contributed by atoms with Gasteiger partial charge in [-0.1, -0.05) is 18.2 Å². The van der Waals surface area contributed by atoms with E-state index in [9.17, 15) is 0 Å². The molecule has 1 aliphatic heterocycles. The number of hydrogen-bond donors (Lipinski definition) is 2.